The van der Waals surface area contributed by atoms with Crippen molar-refractivity contribution in [1.29, 1.82) is 0 Å². The summed E-state index contributed by atoms with van der Waals surface area (Å²) in [6, 6.07) is 25.2. The predicted octanol–water partition coefficient (Wildman–Crippen LogP) is 6.98. The van der Waals surface area contributed by atoms with Crippen LogP contribution in [-0.2, 0) is 17.8 Å². The molecule has 4 aromatic rings. The molecule has 7 N–H and O–H groups in total. The topological polar surface area (TPSA) is 194 Å². The number of rotatable bonds is 8. The molecule has 0 bridgehead atoms. The number of aromatic nitrogens is 2. The molecule has 0 atom stereocenters. The van der Waals surface area contributed by atoms with Crippen LogP contribution < -0.4 is 11.9 Å². The molecule has 3 amide bonds. The number of benzene rings is 2. The monoisotopic (exact) mass is 678 g/mol. The number of halogens is 1. The van der Waals surface area contributed by atoms with Crippen molar-refractivity contribution >= 4 is 42.5 Å². The van der Waals surface area contributed by atoms with E-state index in [2.05, 4.69) is 27.9 Å². The van der Waals surface area contributed by atoms with Gasteiger partial charge in [-0.15, -0.1) is 12.4 Å². The molecule has 13 heteroatoms. The van der Waals surface area contributed by atoms with Crippen molar-refractivity contribution in [1.82, 2.24) is 26.2 Å². The van der Waals surface area contributed by atoms with Gasteiger partial charge in [0.1, 0.15) is 17.0 Å². The summed E-state index contributed by atoms with van der Waals surface area (Å²) in [5, 5.41) is 20.9. The van der Waals surface area contributed by atoms with E-state index in [1.54, 1.807) is 57.2 Å². The molecule has 0 aliphatic carbocycles. The summed E-state index contributed by atoms with van der Waals surface area (Å²) in [5.41, 5.74) is 7.90. The van der Waals surface area contributed by atoms with Gasteiger partial charge in [0.05, 0.1) is 13.1 Å². The van der Waals surface area contributed by atoms with Crippen molar-refractivity contribution in [3.05, 3.63) is 144 Å². The van der Waals surface area contributed by atoms with Crippen molar-refractivity contribution in [3.63, 3.8) is 0 Å². The summed E-state index contributed by atoms with van der Waals surface area (Å²) in [4.78, 5) is 41.9. The van der Waals surface area contributed by atoms with Gasteiger partial charge in [-0.05, 0) is 67.3 Å². The highest BCUT2D eigenvalue weighted by molar-refractivity contribution is 5.92. The third-order valence-electron chi connectivity index (χ3n) is 5.70. The zero-order valence-electron chi connectivity index (χ0n) is 27.2. The fourth-order valence-corrected chi connectivity index (χ4v) is 3.60. The van der Waals surface area contributed by atoms with Crippen molar-refractivity contribution < 1.29 is 29.5 Å². The van der Waals surface area contributed by atoms with Gasteiger partial charge < -0.3 is 16.6 Å². The number of hydroxylamine groups is 4. The summed E-state index contributed by atoms with van der Waals surface area (Å²) in [6.45, 7) is 12.8. The maximum Gasteiger partial charge on any atom is 0.405 e. The lowest BCUT2D eigenvalue weighted by Crippen LogP contribution is -2.27. The molecule has 0 saturated carbocycles. The van der Waals surface area contributed by atoms with Crippen LogP contribution >= 0.6 is 12.4 Å². The van der Waals surface area contributed by atoms with E-state index >= 15 is 0 Å². The second-order valence-corrected chi connectivity index (χ2v) is 10.6. The van der Waals surface area contributed by atoms with Crippen molar-refractivity contribution in [2.45, 2.75) is 39.5 Å². The second-order valence-electron chi connectivity index (χ2n) is 10.6. The first-order chi connectivity index (χ1) is 21.8. The van der Waals surface area contributed by atoms with Crippen LogP contribution in [0.3, 0.4) is 0 Å². The summed E-state index contributed by atoms with van der Waals surface area (Å²) < 4.78 is 4.58. The van der Waals surface area contributed by atoms with E-state index in [1.165, 1.54) is 12.4 Å². The lowest BCUT2D eigenvalue weighted by molar-refractivity contribution is -0.0652. The molecule has 0 spiro atoms. The van der Waals surface area contributed by atoms with Crippen LogP contribution in [0.1, 0.15) is 64.0 Å². The Hall–Kier alpha value is -5.40. The maximum absolute atomic E-state index is 12.0. The molecule has 0 unspecified atom stereocenters. The van der Waals surface area contributed by atoms with Gasteiger partial charge in [-0.3, -0.25) is 30.0 Å². The van der Waals surface area contributed by atoms with Crippen LogP contribution in [0.15, 0.2) is 110 Å². The van der Waals surface area contributed by atoms with Crippen LogP contribution in [0.2, 0.25) is 0 Å². The molecule has 2 heterocycles. The smallest absolute Gasteiger partial charge is 0.405 e. The number of ether oxygens (including phenoxy) is 1. The predicted molar refractivity (Wildman–Crippen MR) is 188 cm³/mol. The van der Waals surface area contributed by atoms with Crippen molar-refractivity contribution in [2.75, 3.05) is 0 Å². The van der Waals surface area contributed by atoms with Crippen LogP contribution in [0.4, 0.5) is 4.79 Å². The third-order valence-corrected chi connectivity index (χ3v) is 5.70. The molecule has 2 aromatic carbocycles. The van der Waals surface area contributed by atoms with E-state index in [-0.39, 0.29) is 43.0 Å². The Morgan fingerprint density at radius 3 is 1.38 bits per heavy atom. The highest BCUT2D eigenvalue weighted by Crippen LogP contribution is 2.10. The third kappa shape index (κ3) is 15.7. The number of hydrogen-bond donors (Lipinski definition) is 4. The molecule has 0 saturated heterocycles. The maximum atomic E-state index is 12.0. The van der Waals surface area contributed by atoms with Crippen LogP contribution in [0.25, 0.3) is 12.2 Å². The average molecular weight is 679 g/mol. The van der Waals surface area contributed by atoms with Gasteiger partial charge in [-0.1, -0.05) is 86.0 Å². The van der Waals surface area contributed by atoms with E-state index in [9.17, 15) is 24.8 Å². The van der Waals surface area contributed by atoms with E-state index in [0.717, 1.165) is 22.3 Å². The Labute approximate surface area is 287 Å². The molecule has 0 aliphatic rings. The van der Waals surface area contributed by atoms with E-state index < -0.39 is 23.5 Å². The molecular formula is C35H43ClN6O6. The largest absolute Gasteiger partial charge is 0.444 e. The molecule has 256 valence electrons. The van der Waals surface area contributed by atoms with E-state index in [4.69, 9.17) is 5.73 Å². The van der Waals surface area contributed by atoms with E-state index in [0.29, 0.717) is 10.1 Å². The molecular weight excluding hydrogens is 636 g/mol. The van der Waals surface area contributed by atoms with Crippen LogP contribution in [-0.4, -0.2) is 54.0 Å². The number of amides is 3. The molecule has 12 nitrogen and oxygen atoms in total. The SMILES string of the molecule is C=Cc1ccnc(C(=O)N(O)Cc2ccccc2)c1.C=Cc1ccnc(C(=O)N(O)Cc2ccccc2)c1.CC(C)(C)OC(N)=O.Cl.N. The van der Waals surface area contributed by atoms with Gasteiger partial charge in [-0.2, -0.15) is 0 Å². The number of pyridine rings is 2. The Balaban J connectivity index is 0.000000731. The summed E-state index contributed by atoms with van der Waals surface area (Å²) in [6.07, 6.45) is 5.55. The van der Waals surface area contributed by atoms with Crippen molar-refractivity contribution in [2.24, 2.45) is 5.73 Å². The minimum absolute atomic E-state index is 0. The molecule has 0 fully saturated rings. The molecule has 4 rings (SSSR count). The lowest BCUT2D eigenvalue weighted by atomic mass is 10.2. The molecule has 0 aliphatic heterocycles. The van der Waals surface area contributed by atoms with Gasteiger partial charge in [0.15, 0.2) is 0 Å². The summed E-state index contributed by atoms with van der Waals surface area (Å²) in [5.74, 6) is -1.07. The van der Waals surface area contributed by atoms with Gasteiger partial charge >= 0.3 is 6.09 Å². The van der Waals surface area contributed by atoms with Crippen LogP contribution in [0.5, 0.6) is 0 Å². The molecule has 48 heavy (non-hydrogen) atoms. The minimum Gasteiger partial charge on any atom is -0.444 e. The fourth-order valence-electron chi connectivity index (χ4n) is 3.60. The van der Waals surface area contributed by atoms with Gasteiger partial charge in [0.2, 0.25) is 0 Å². The minimum atomic E-state index is -0.725. The molecule has 0 radical (unpaired) electrons. The molecule has 2 aromatic heterocycles. The standard InChI is InChI=1S/2C15H14N2O2.C5H11NO2.ClH.H3N/c2*1-2-12-8-9-16-14(10-12)15(18)17(19)11-13-6-4-3-5-7-13;1-5(2,3)8-4(6)7;;/h2*2-10,19H,1,11H2;1-3H3,(H2,6,7);1H;1H3. The zero-order chi connectivity index (χ0) is 34.1. The highest BCUT2D eigenvalue weighted by Gasteiger charge is 2.16. The Morgan fingerprint density at radius 2 is 1.10 bits per heavy atom. The first kappa shape index (κ1) is 42.6. The normalized spacial score (nSPS) is 9.69. The Bertz CT molecular complexity index is 1490. The van der Waals surface area contributed by atoms with Crippen LogP contribution in [0, 0.1) is 0 Å². The van der Waals surface area contributed by atoms with Gasteiger partial charge in [0, 0.05) is 12.4 Å². The summed E-state index contributed by atoms with van der Waals surface area (Å²) in [7, 11) is 0. The number of primary amides is 1. The Morgan fingerprint density at radius 1 is 0.750 bits per heavy atom. The number of carbonyl (C=O) groups is 3. The number of nitrogens with two attached hydrogens (primary N) is 1. The second kappa shape index (κ2) is 21.4. The fraction of sp³-hybridized carbons (Fsp3) is 0.171. The van der Waals surface area contributed by atoms with Crippen molar-refractivity contribution in [3.8, 4) is 0 Å². The summed E-state index contributed by atoms with van der Waals surface area (Å²) >= 11 is 0. The Kier molecular flexibility index (Phi) is 19.0. The lowest BCUT2D eigenvalue weighted by Gasteiger charge is -2.16. The first-order valence-corrected chi connectivity index (χ1v) is 14.1. The van der Waals surface area contributed by atoms with Gasteiger partial charge in [0.25, 0.3) is 11.8 Å². The number of nitrogens with zero attached hydrogens (tertiary/aromatic N) is 4. The van der Waals surface area contributed by atoms with E-state index in [1.807, 2.05) is 60.7 Å². The zero-order valence-corrected chi connectivity index (χ0v) is 28.0. The number of hydrogen-bond acceptors (Lipinski definition) is 9. The highest BCUT2D eigenvalue weighted by atomic mass is 35.5. The van der Waals surface area contributed by atoms with Gasteiger partial charge in [-0.25, -0.2) is 14.9 Å². The first-order valence-electron chi connectivity index (χ1n) is 14.1. The quantitative estimate of drug-likeness (QED) is 0.112. The average Bonchev–Trinajstić information content (AvgIpc) is 3.04. The number of carbonyl (C=O) groups excluding carboxylic acids is 3.